The van der Waals surface area contributed by atoms with Crippen molar-refractivity contribution in [3.05, 3.63) is 48.1 Å². The van der Waals surface area contributed by atoms with Crippen LogP contribution < -0.4 is 21.7 Å². The fourth-order valence-electron chi connectivity index (χ4n) is 4.06. The van der Waals surface area contributed by atoms with Crippen LogP contribution in [-0.4, -0.2) is 48.0 Å². The Morgan fingerprint density at radius 1 is 1.32 bits per heavy atom. The Morgan fingerprint density at radius 2 is 2.13 bits per heavy atom. The fraction of sp³-hybridized carbons (Fsp3) is 0.478. The van der Waals surface area contributed by atoms with Gasteiger partial charge in [-0.3, -0.25) is 9.59 Å². The molecule has 2 aliphatic heterocycles. The SMILES string of the molecule is CC(C)CC(NC(=O)C1=CC2Nc3ccccc3SC2C=C1)C(=O)NC1CCOC1N. The average molecular weight is 443 g/mol. The minimum Gasteiger partial charge on any atom is -0.376 e. The first kappa shape index (κ1) is 21.9. The van der Waals surface area contributed by atoms with E-state index < -0.39 is 12.3 Å². The molecule has 2 heterocycles. The van der Waals surface area contributed by atoms with Crippen LogP contribution >= 0.6 is 11.8 Å². The van der Waals surface area contributed by atoms with E-state index in [-0.39, 0.29) is 35.1 Å². The predicted molar refractivity (Wildman–Crippen MR) is 123 cm³/mol. The maximum absolute atomic E-state index is 13.0. The Bertz CT molecular complexity index is 901. The molecule has 1 aromatic carbocycles. The van der Waals surface area contributed by atoms with Crippen molar-refractivity contribution in [1.82, 2.24) is 10.6 Å². The van der Waals surface area contributed by atoms with Crippen LogP contribution in [0, 0.1) is 5.92 Å². The highest BCUT2D eigenvalue weighted by Gasteiger charge is 2.32. The van der Waals surface area contributed by atoms with Gasteiger partial charge in [-0.25, -0.2) is 0 Å². The summed E-state index contributed by atoms with van der Waals surface area (Å²) >= 11 is 1.79. The van der Waals surface area contributed by atoms with Gasteiger partial charge in [0.05, 0.1) is 23.9 Å². The number of nitrogens with two attached hydrogens (primary N) is 1. The van der Waals surface area contributed by atoms with Crippen molar-refractivity contribution in [3.63, 3.8) is 0 Å². The van der Waals surface area contributed by atoms with Crippen molar-refractivity contribution in [2.75, 3.05) is 11.9 Å². The third-order valence-corrected chi connectivity index (χ3v) is 7.04. The molecule has 5 unspecified atom stereocenters. The van der Waals surface area contributed by atoms with Crippen LogP contribution in [0.25, 0.3) is 0 Å². The summed E-state index contributed by atoms with van der Waals surface area (Å²) in [5.74, 6) is -0.211. The Balaban J connectivity index is 1.43. The van der Waals surface area contributed by atoms with E-state index in [2.05, 4.69) is 28.1 Å². The summed E-state index contributed by atoms with van der Waals surface area (Å²) in [6.07, 6.45) is 6.58. The number of para-hydroxylation sites is 1. The van der Waals surface area contributed by atoms with Gasteiger partial charge in [-0.15, -0.1) is 11.8 Å². The molecule has 4 rings (SSSR count). The Hall–Kier alpha value is -2.29. The fourth-order valence-corrected chi connectivity index (χ4v) is 5.21. The molecule has 31 heavy (non-hydrogen) atoms. The molecule has 5 N–H and O–H groups in total. The van der Waals surface area contributed by atoms with Gasteiger partial charge in [0, 0.05) is 16.2 Å². The van der Waals surface area contributed by atoms with Crippen LogP contribution in [-0.2, 0) is 14.3 Å². The summed E-state index contributed by atoms with van der Waals surface area (Å²) in [5.41, 5.74) is 7.53. The highest BCUT2D eigenvalue weighted by molar-refractivity contribution is 8.00. The van der Waals surface area contributed by atoms with Crippen molar-refractivity contribution >= 4 is 29.3 Å². The first-order valence-corrected chi connectivity index (χ1v) is 11.7. The monoisotopic (exact) mass is 442 g/mol. The summed E-state index contributed by atoms with van der Waals surface area (Å²) in [4.78, 5) is 27.1. The van der Waals surface area contributed by atoms with Gasteiger partial charge < -0.3 is 26.4 Å². The number of fused-ring (bicyclic) bond motifs is 2. The van der Waals surface area contributed by atoms with Gasteiger partial charge in [0.2, 0.25) is 5.91 Å². The van der Waals surface area contributed by atoms with E-state index in [1.807, 2.05) is 44.2 Å². The molecule has 2 amide bonds. The number of hydrogen-bond acceptors (Lipinski definition) is 6. The van der Waals surface area contributed by atoms with E-state index in [0.29, 0.717) is 25.0 Å². The number of nitrogens with one attached hydrogen (secondary N) is 3. The summed E-state index contributed by atoms with van der Waals surface area (Å²) in [6.45, 7) is 4.59. The lowest BCUT2D eigenvalue weighted by Crippen LogP contribution is -2.53. The van der Waals surface area contributed by atoms with Crippen LogP contribution in [0.15, 0.2) is 53.0 Å². The average Bonchev–Trinajstić information content (AvgIpc) is 3.15. The quantitative estimate of drug-likeness (QED) is 0.538. The number of rotatable bonds is 6. The maximum atomic E-state index is 13.0. The van der Waals surface area contributed by atoms with E-state index in [4.69, 9.17) is 10.5 Å². The molecule has 0 saturated carbocycles. The number of thioether (sulfide) groups is 1. The number of carbonyl (C=O) groups excluding carboxylic acids is 2. The largest absolute Gasteiger partial charge is 0.376 e. The molecule has 1 aliphatic carbocycles. The van der Waals surface area contributed by atoms with Gasteiger partial charge in [-0.05, 0) is 37.0 Å². The van der Waals surface area contributed by atoms with Crippen LogP contribution in [0.1, 0.15) is 26.7 Å². The van der Waals surface area contributed by atoms with Gasteiger partial charge in [0.25, 0.3) is 5.91 Å². The molecule has 7 nitrogen and oxygen atoms in total. The predicted octanol–water partition coefficient (Wildman–Crippen LogP) is 2.16. The molecule has 1 fully saturated rings. The summed E-state index contributed by atoms with van der Waals surface area (Å²) in [7, 11) is 0. The topological polar surface area (TPSA) is 105 Å². The normalized spacial score (nSPS) is 27.5. The number of hydrogen-bond donors (Lipinski definition) is 4. The van der Waals surface area contributed by atoms with Gasteiger partial charge >= 0.3 is 0 Å². The zero-order valence-corrected chi connectivity index (χ0v) is 18.7. The lowest BCUT2D eigenvalue weighted by atomic mass is 9.99. The summed E-state index contributed by atoms with van der Waals surface area (Å²) in [5, 5.41) is 9.61. The van der Waals surface area contributed by atoms with Gasteiger partial charge in [0.1, 0.15) is 12.3 Å². The van der Waals surface area contributed by atoms with Crippen molar-refractivity contribution in [3.8, 4) is 0 Å². The number of amides is 2. The van der Waals surface area contributed by atoms with E-state index in [0.717, 1.165) is 5.69 Å². The third-order valence-electron chi connectivity index (χ3n) is 5.71. The molecule has 1 aromatic rings. The number of carbonyl (C=O) groups is 2. The molecular formula is C23H30N4O3S. The smallest absolute Gasteiger partial charge is 0.251 e. The highest BCUT2D eigenvalue weighted by Crippen LogP contribution is 2.40. The Morgan fingerprint density at radius 3 is 2.87 bits per heavy atom. The minimum absolute atomic E-state index is 0.0247. The molecule has 3 aliphatic rings. The van der Waals surface area contributed by atoms with Crippen LogP contribution in [0.5, 0.6) is 0 Å². The number of anilines is 1. The Labute approximate surface area is 187 Å². The zero-order chi connectivity index (χ0) is 22.0. The van der Waals surface area contributed by atoms with Crippen LogP contribution in [0.3, 0.4) is 0 Å². The van der Waals surface area contributed by atoms with Crippen molar-refractivity contribution in [2.45, 2.75) is 61.2 Å². The molecule has 0 bridgehead atoms. The van der Waals surface area contributed by atoms with Gasteiger partial charge in [0.15, 0.2) is 0 Å². The molecule has 0 aromatic heterocycles. The van der Waals surface area contributed by atoms with E-state index >= 15 is 0 Å². The Kier molecular flexibility index (Phi) is 6.69. The zero-order valence-electron chi connectivity index (χ0n) is 17.8. The second kappa shape index (κ2) is 9.46. The van der Waals surface area contributed by atoms with Crippen molar-refractivity contribution in [1.29, 1.82) is 0 Å². The van der Waals surface area contributed by atoms with Crippen molar-refractivity contribution < 1.29 is 14.3 Å². The molecular weight excluding hydrogens is 412 g/mol. The summed E-state index contributed by atoms with van der Waals surface area (Å²) in [6, 6.07) is 7.35. The van der Waals surface area contributed by atoms with E-state index in [1.165, 1.54) is 4.90 Å². The highest BCUT2D eigenvalue weighted by atomic mass is 32.2. The molecule has 5 atom stereocenters. The van der Waals surface area contributed by atoms with Gasteiger partial charge in [-0.1, -0.05) is 38.1 Å². The number of benzene rings is 1. The molecule has 8 heteroatoms. The first-order chi connectivity index (χ1) is 14.9. The molecule has 166 valence electrons. The maximum Gasteiger partial charge on any atom is 0.251 e. The van der Waals surface area contributed by atoms with Crippen LogP contribution in [0.4, 0.5) is 5.69 Å². The molecule has 0 spiro atoms. The molecule has 0 radical (unpaired) electrons. The first-order valence-electron chi connectivity index (χ1n) is 10.8. The second-order valence-electron chi connectivity index (χ2n) is 8.62. The van der Waals surface area contributed by atoms with E-state index in [9.17, 15) is 9.59 Å². The number of ether oxygens (including phenoxy) is 1. The van der Waals surface area contributed by atoms with Gasteiger partial charge in [-0.2, -0.15) is 0 Å². The molecule has 1 saturated heterocycles. The lowest BCUT2D eigenvalue weighted by molar-refractivity contribution is -0.128. The minimum atomic E-state index is -0.623. The lowest BCUT2D eigenvalue weighted by Gasteiger charge is -2.33. The van der Waals surface area contributed by atoms with E-state index in [1.54, 1.807) is 11.8 Å². The van der Waals surface area contributed by atoms with Crippen LogP contribution in [0.2, 0.25) is 0 Å². The second-order valence-corrected chi connectivity index (χ2v) is 9.84. The third kappa shape index (κ3) is 5.14. The summed E-state index contributed by atoms with van der Waals surface area (Å²) < 4.78 is 5.33. The standard InChI is InChI=1S/C23H30N4O3S/c1-13(2)11-18(23(29)26-16-9-10-30-21(16)24)27-22(28)14-7-8-20-17(12-14)25-15-5-3-4-6-19(15)31-20/h3-8,12-13,16-18,20-21,25H,9-11,24H2,1-2H3,(H,26,29)(H,27,28). The van der Waals surface area contributed by atoms with Crippen molar-refractivity contribution in [2.24, 2.45) is 11.7 Å².